The number of carbonyl (C=O) groups is 1. The number of esters is 1. The van der Waals surface area contributed by atoms with E-state index in [1.807, 2.05) is 60.9 Å². The number of thiazole rings is 1. The maximum Gasteiger partial charge on any atom is 0.338 e. The summed E-state index contributed by atoms with van der Waals surface area (Å²) < 4.78 is 13.3. The molecule has 0 aliphatic carbocycles. The Bertz CT molecular complexity index is 2210. The van der Waals surface area contributed by atoms with Gasteiger partial charge in [-0.15, -0.1) is 11.8 Å². The highest BCUT2D eigenvalue weighted by atomic mass is 35.5. The first kappa shape index (κ1) is 31.6. The van der Waals surface area contributed by atoms with Gasteiger partial charge in [-0.25, -0.2) is 9.79 Å². The van der Waals surface area contributed by atoms with Crippen molar-refractivity contribution in [3.05, 3.63) is 141 Å². The lowest BCUT2D eigenvalue weighted by Gasteiger charge is -2.26. The summed E-state index contributed by atoms with van der Waals surface area (Å²) in [7, 11) is 0. The molecule has 13 heteroatoms. The second-order valence-electron chi connectivity index (χ2n) is 9.95. The third-order valence-corrected chi connectivity index (χ3v) is 9.55. The fraction of sp³-hybridized carbons (Fsp3) is 0.121. The minimum Gasteiger partial charge on any atom is -0.463 e. The number of thioether (sulfide) groups is 1. The SMILES string of the molecule is CCOC(=O)C1=C(c2ccccc2)N=c2s/c(=C/c3ccc(-c4cc(Cl)c([N+](=O)[O-])cc4Cl)o3)c(=O)n2[C@@H]1c1ccc(SC)cc1. The highest BCUT2D eigenvalue weighted by Gasteiger charge is 2.35. The molecule has 0 fully saturated rings. The number of ether oxygens (including phenoxy) is 1. The van der Waals surface area contributed by atoms with Crippen molar-refractivity contribution in [2.45, 2.75) is 17.9 Å². The molecule has 0 unspecified atom stereocenters. The Morgan fingerprint density at radius 2 is 1.85 bits per heavy atom. The maximum absolute atomic E-state index is 14.1. The molecule has 6 rings (SSSR count). The van der Waals surface area contributed by atoms with Crippen molar-refractivity contribution in [1.82, 2.24) is 4.57 Å². The van der Waals surface area contributed by atoms with Crippen molar-refractivity contribution in [1.29, 1.82) is 0 Å². The molecule has 0 saturated carbocycles. The molecule has 0 bridgehead atoms. The summed E-state index contributed by atoms with van der Waals surface area (Å²) in [5.41, 5.74) is 1.79. The summed E-state index contributed by atoms with van der Waals surface area (Å²) in [5.74, 6) is 0.0794. The summed E-state index contributed by atoms with van der Waals surface area (Å²) in [6.45, 7) is 1.88. The Hall–Kier alpha value is -4.42. The molecular formula is C33H23Cl2N3O6S2. The Morgan fingerprint density at radius 1 is 1.11 bits per heavy atom. The van der Waals surface area contributed by atoms with Crippen LogP contribution in [0.4, 0.5) is 5.69 Å². The Kier molecular flexibility index (Phi) is 9.01. The normalized spacial score (nSPS) is 14.6. The van der Waals surface area contributed by atoms with E-state index in [0.717, 1.165) is 27.9 Å². The zero-order valence-corrected chi connectivity index (χ0v) is 27.4. The van der Waals surface area contributed by atoms with Crippen molar-refractivity contribution < 1.29 is 18.9 Å². The lowest BCUT2D eigenvalue weighted by atomic mass is 9.93. The van der Waals surface area contributed by atoms with Crippen LogP contribution >= 0.6 is 46.3 Å². The molecule has 3 aromatic carbocycles. The second kappa shape index (κ2) is 13.1. The van der Waals surface area contributed by atoms with E-state index in [1.165, 1.54) is 10.6 Å². The van der Waals surface area contributed by atoms with E-state index in [2.05, 4.69) is 0 Å². The predicted molar refractivity (Wildman–Crippen MR) is 180 cm³/mol. The largest absolute Gasteiger partial charge is 0.463 e. The minimum atomic E-state index is -0.809. The number of nitro benzene ring substituents is 1. The zero-order valence-electron chi connectivity index (χ0n) is 24.2. The van der Waals surface area contributed by atoms with Gasteiger partial charge in [0.2, 0.25) is 0 Å². The average Bonchev–Trinajstić information content (AvgIpc) is 3.65. The molecule has 1 aliphatic heterocycles. The number of halogens is 2. The van der Waals surface area contributed by atoms with Crippen LogP contribution in [0.5, 0.6) is 0 Å². The van der Waals surface area contributed by atoms with Gasteiger partial charge in [0, 0.05) is 28.2 Å². The third-order valence-electron chi connectivity index (χ3n) is 7.20. The van der Waals surface area contributed by atoms with Gasteiger partial charge in [0.1, 0.15) is 16.5 Å². The molecule has 0 spiro atoms. The van der Waals surface area contributed by atoms with E-state index < -0.39 is 16.9 Å². The van der Waals surface area contributed by atoms with E-state index in [9.17, 15) is 19.7 Å². The van der Waals surface area contributed by atoms with Gasteiger partial charge in [-0.1, -0.05) is 77.0 Å². The molecule has 232 valence electrons. The fourth-order valence-electron chi connectivity index (χ4n) is 5.11. The van der Waals surface area contributed by atoms with Gasteiger partial charge in [0.15, 0.2) is 4.80 Å². The molecule has 0 amide bonds. The van der Waals surface area contributed by atoms with Crippen LogP contribution in [0, 0.1) is 10.1 Å². The Morgan fingerprint density at radius 3 is 2.52 bits per heavy atom. The van der Waals surface area contributed by atoms with Gasteiger partial charge in [-0.05, 0) is 49.1 Å². The van der Waals surface area contributed by atoms with E-state index in [0.29, 0.717) is 37.7 Å². The first-order valence-electron chi connectivity index (χ1n) is 13.9. The quantitative estimate of drug-likeness (QED) is 0.0735. The Labute approximate surface area is 280 Å². The van der Waals surface area contributed by atoms with Gasteiger partial charge in [-0.2, -0.15) is 0 Å². The number of furan rings is 1. The van der Waals surface area contributed by atoms with Gasteiger partial charge in [-0.3, -0.25) is 19.5 Å². The summed E-state index contributed by atoms with van der Waals surface area (Å²) in [6, 6.07) is 22.0. The number of hydrogen-bond acceptors (Lipinski definition) is 9. The Balaban J connectivity index is 1.53. The first-order valence-corrected chi connectivity index (χ1v) is 16.7. The molecule has 1 aliphatic rings. The first-order chi connectivity index (χ1) is 22.2. The molecule has 0 radical (unpaired) electrons. The molecule has 1 atom stereocenters. The lowest BCUT2D eigenvalue weighted by molar-refractivity contribution is -0.384. The smallest absolute Gasteiger partial charge is 0.338 e. The minimum absolute atomic E-state index is 0.0869. The lowest BCUT2D eigenvalue weighted by Crippen LogP contribution is -2.40. The number of nitro groups is 1. The molecule has 0 saturated heterocycles. The summed E-state index contributed by atoms with van der Waals surface area (Å²) >= 11 is 15.2. The van der Waals surface area contributed by atoms with Crippen LogP contribution in [-0.4, -0.2) is 28.3 Å². The average molecular weight is 693 g/mol. The van der Waals surface area contributed by atoms with E-state index in [4.69, 9.17) is 37.3 Å². The molecule has 0 N–H and O–H groups in total. The van der Waals surface area contributed by atoms with E-state index in [1.54, 1.807) is 36.9 Å². The maximum atomic E-state index is 14.1. The van der Waals surface area contributed by atoms with Gasteiger partial charge >= 0.3 is 5.97 Å². The van der Waals surface area contributed by atoms with Crippen LogP contribution in [0.1, 0.15) is 29.9 Å². The van der Waals surface area contributed by atoms with Crippen molar-refractivity contribution in [3.63, 3.8) is 0 Å². The standard InChI is InChI=1S/C33H23Cl2N3O6S2/c1-3-43-32(40)28-29(18-7-5-4-6-8-18)36-33-37(30(28)19-9-12-21(45-2)13-10-19)31(39)27(46-33)15-20-11-14-26(44-20)22-16-24(35)25(38(41)42)17-23(22)34/h4-17,30H,3H2,1-2H3/b27-15+/t30-/m1/s1. The molecule has 46 heavy (non-hydrogen) atoms. The predicted octanol–water partition coefficient (Wildman–Crippen LogP) is 7.13. The monoisotopic (exact) mass is 691 g/mol. The summed E-state index contributed by atoms with van der Waals surface area (Å²) in [5, 5.41) is 11.2. The van der Waals surface area contributed by atoms with Gasteiger partial charge in [0.05, 0.1) is 38.4 Å². The number of fused-ring (bicyclic) bond motifs is 1. The summed E-state index contributed by atoms with van der Waals surface area (Å²) in [6.07, 6.45) is 3.55. The van der Waals surface area contributed by atoms with Crippen molar-refractivity contribution in [3.8, 4) is 11.3 Å². The fourth-order valence-corrected chi connectivity index (χ4v) is 6.98. The molecular weight excluding hydrogens is 669 g/mol. The van der Waals surface area contributed by atoms with Crippen LogP contribution in [0.3, 0.4) is 0 Å². The van der Waals surface area contributed by atoms with Crippen molar-refractivity contribution in [2.75, 3.05) is 12.9 Å². The number of carbonyl (C=O) groups excluding carboxylic acids is 1. The van der Waals surface area contributed by atoms with Gasteiger partial charge < -0.3 is 9.15 Å². The van der Waals surface area contributed by atoms with Crippen LogP contribution in [0.2, 0.25) is 10.0 Å². The number of hydrogen-bond donors (Lipinski definition) is 0. The highest BCUT2D eigenvalue weighted by molar-refractivity contribution is 7.98. The molecule has 2 aromatic heterocycles. The third kappa shape index (κ3) is 5.94. The topological polar surface area (TPSA) is 117 Å². The highest BCUT2D eigenvalue weighted by Crippen LogP contribution is 2.38. The van der Waals surface area contributed by atoms with Crippen LogP contribution in [0.15, 0.2) is 104 Å². The number of aromatic nitrogens is 1. The van der Waals surface area contributed by atoms with Gasteiger partial charge in [0.25, 0.3) is 11.2 Å². The number of benzene rings is 3. The van der Waals surface area contributed by atoms with Crippen molar-refractivity contribution in [2.24, 2.45) is 4.99 Å². The molecule has 3 heterocycles. The van der Waals surface area contributed by atoms with Crippen LogP contribution < -0.4 is 14.9 Å². The molecule has 5 aromatic rings. The van der Waals surface area contributed by atoms with Crippen LogP contribution in [0.25, 0.3) is 23.1 Å². The van der Waals surface area contributed by atoms with E-state index >= 15 is 0 Å². The number of nitrogens with zero attached hydrogens (tertiary/aromatic N) is 3. The second-order valence-corrected chi connectivity index (χ2v) is 12.7. The summed E-state index contributed by atoms with van der Waals surface area (Å²) in [4.78, 5) is 44.7. The van der Waals surface area contributed by atoms with E-state index in [-0.39, 0.29) is 33.5 Å². The molecule has 9 nitrogen and oxygen atoms in total. The number of rotatable bonds is 8. The van der Waals surface area contributed by atoms with Crippen molar-refractivity contribution >= 4 is 69.7 Å². The van der Waals surface area contributed by atoms with Crippen LogP contribution in [-0.2, 0) is 9.53 Å². The zero-order chi connectivity index (χ0) is 32.5.